The second kappa shape index (κ2) is 13.7. The fourth-order valence-corrected chi connectivity index (χ4v) is 4.24. The van der Waals surface area contributed by atoms with Gasteiger partial charge in [-0.3, -0.25) is 19.1 Å². The Morgan fingerprint density at radius 2 is 2.11 bits per heavy atom. The molecule has 0 fully saturated rings. The first-order valence-electron chi connectivity index (χ1n) is 12.6. The van der Waals surface area contributed by atoms with Crippen molar-refractivity contribution in [3.63, 3.8) is 0 Å². The number of hydrogen-bond donors (Lipinski definition) is 4. The lowest BCUT2D eigenvalue weighted by molar-refractivity contribution is 0.0913. The average molecular weight is 515 g/mol. The van der Waals surface area contributed by atoms with Crippen molar-refractivity contribution in [1.82, 2.24) is 20.2 Å². The highest BCUT2D eigenvalue weighted by Crippen LogP contribution is 2.37. The van der Waals surface area contributed by atoms with Crippen LogP contribution >= 0.6 is 0 Å². The summed E-state index contributed by atoms with van der Waals surface area (Å²) in [7, 11) is 0. The number of nitrogens with zero attached hydrogens (tertiary/aromatic N) is 2. The van der Waals surface area contributed by atoms with Crippen molar-refractivity contribution in [3.05, 3.63) is 63.9 Å². The highest BCUT2D eigenvalue weighted by Gasteiger charge is 2.31. The zero-order valence-corrected chi connectivity index (χ0v) is 21.3. The Morgan fingerprint density at radius 1 is 1.32 bits per heavy atom. The Morgan fingerprint density at radius 3 is 2.81 bits per heavy atom. The number of allylic oxidation sites excluding steroid dienone is 5. The van der Waals surface area contributed by atoms with E-state index in [0.29, 0.717) is 31.3 Å². The molecule has 0 aliphatic carbocycles. The zero-order valence-electron chi connectivity index (χ0n) is 21.3. The van der Waals surface area contributed by atoms with Gasteiger partial charge in [0.1, 0.15) is 22.7 Å². The summed E-state index contributed by atoms with van der Waals surface area (Å²) >= 11 is 0. The maximum atomic E-state index is 13.4. The van der Waals surface area contributed by atoms with E-state index < -0.39 is 23.3 Å². The number of aromatic nitrogens is 2. The van der Waals surface area contributed by atoms with Gasteiger partial charge in [0.05, 0.1) is 19.5 Å². The van der Waals surface area contributed by atoms with Gasteiger partial charge in [-0.15, -0.1) is 0 Å². The van der Waals surface area contributed by atoms with E-state index in [4.69, 9.17) is 4.74 Å². The number of rotatable bonds is 13. The van der Waals surface area contributed by atoms with Gasteiger partial charge in [-0.05, 0) is 44.5 Å². The maximum Gasteiger partial charge on any atom is 0.268 e. The number of aliphatic hydroxyl groups excluding tert-OH is 1. The first kappa shape index (κ1) is 28.1. The van der Waals surface area contributed by atoms with Crippen molar-refractivity contribution in [2.45, 2.75) is 52.2 Å². The smallest absolute Gasteiger partial charge is 0.268 e. The highest BCUT2D eigenvalue weighted by atomic mass is 19.1. The summed E-state index contributed by atoms with van der Waals surface area (Å²) in [6.45, 7) is 5.55. The van der Waals surface area contributed by atoms with Gasteiger partial charge in [0.15, 0.2) is 11.5 Å². The summed E-state index contributed by atoms with van der Waals surface area (Å²) in [5.41, 5.74) is 0.571. The van der Waals surface area contributed by atoms with Crippen molar-refractivity contribution in [2.24, 2.45) is 0 Å². The zero-order chi connectivity index (χ0) is 26.8. The van der Waals surface area contributed by atoms with Crippen molar-refractivity contribution in [1.29, 1.82) is 0 Å². The maximum absolute atomic E-state index is 13.4. The van der Waals surface area contributed by atoms with Crippen molar-refractivity contribution in [3.8, 4) is 11.5 Å². The predicted molar refractivity (Wildman–Crippen MR) is 141 cm³/mol. The van der Waals surface area contributed by atoms with Gasteiger partial charge >= 0.3 is 0 Å². The number of carbonyl (C=O) groups excluding carboxylic acids is 1. The van der Waals surface area contributed by atoms with Crippen molar-refractivity contribution in [2.75, 3.05) is 26.2 Å². The molecule has 1 aliphatic rings. The monoisotopic (exact) mass is 514 g/mol. The molecule has 10 heteroatoms. The molecule has 3 heterocycles. The Bertz CT molecular complexity index is 1250. The molecule has 37 heavy (non-hydrogen) atoms. The predicted octanol–water partition coefficient (Wildman–Crippen LogP) is 2.89. The van der Waals surface area contributed by atoms with E-state index in [1.165, 1.54) is 16.8 Å². The number of unbranched alkanes of at least 4 members (excludes halogenated alkanes) is 1. The van der Waals surface area contributed by atoms with E-state index in [-0.39, 0.29) is 35.5 Å². The van der Waals surface area contributed by atoms with Crippen LogP contribution in [0.15, 0.2) is 47.2 Å². The SMILES string of the molecule is C\C=C/C(=C\C=C\F)Cc1cnc2c(O)c(C(=O)NCCCNCCCC)c(=O)n3c2c1OC(CO)C3. The quantitative estimate of drug-likeness (QED) is 0.239. The molecule has 3 rings (SSSR count). The number of amides is 1. The number of aromatic hydroxyl groups is 1. The highest BCUT2D eigenvalue weighted by molar-refractivity contribution is 6.02. The molecule has 200 valence electrons. The summed E-state index contributed by atoms with van der Waals surface area (Å²) < 4.78 is 19.9. The van der Waals surface area contributed by atoms with Crippen LogP contribution in [0.1, 0.15) is 49.0 Å². The molecule has 0 saturated heterocycles. The lowest BCUT2D eigenvalue weighted by Crippen LogP contribution is -2.40. The minimum absolute atomic E-state index is 0.00593. The molecule has 0 radical (unpaired) electrons. The Kier molecular flexibility index (Phi) is 10.4. The van der Waals surface area contributed by atoms with Gasteiger partial charge in [0.25, 0.3) is 11.5 Å². The minimum atomic E-state index is -0.732. The lowest BCUT2D eigenvalue weighted by Gasteiger charge is -2.28. The summed E-state index contributed by atoms with van der Waals surface area (Å²) in [5, 5.41) is 26.8. The fourth-order valence-electron chi connectivity index (χ4n) is 4.24. The van der Waals surface area contributed by atoms with E-state index in [9.17, 15) is 24.2 Å². The third-order valence-corrected chi connectivity index (χ3v) is 6.05. The summed E-state index contributed by atoms with van der Waals surface area (Å²) in [5.74, 6) is -0.914. The Labute approximate surface area is 215 Å². The number of aliphatic hydroxyl groups is 1. The van der Waals surface area contributed by atoms with Gasteiger partial charge in [-0.25, -0.2) is 4.39 Å². The molecule has 1 unspecified atom stereocenters. The molecule has 0 spiro atoms. The second-order valence-corrected chi connectivity index (χ2v) is 8.82. The number of pyridine rings is 2. The molecule has 1 atom stereocenters. The fraction of sp³-hybridized carbons (Fsp3) is 0.444. The number of carbonyl (C=O) groups is 1. The molecular formula is C27H35FN4O5. The number of hydrogen-bond acceptors (Lipinski definition) is 7. The Hall–Kier alpha value is -3.50. The molecule has 0 aromatic carbocycles. The lowest BCUT2D eigenvalue weighted by atomic mass is 10.0. The van der Waals surface area contributed by atoms with Crippen LogP contribution in [0.2, 0.25) is 0 Å². The molecule has 2 aromatic heterocycles. The number of nitrogens with one attached hydrogen (secondary N) is 2. The number of halogens is 1. The van der Waals surface area contributed by atoms with Crippen LogP contribution in [0.4, 0.5) is 4.39 Å². The third-order valence-electron chi connectivity index (χ3n) is 6.05. The van der Waals surface area contributed by atoms with Crippen LogP contribution in [0.25, 0.3) is 11.0 Å². The summed E-state index contributed by atoms with van der Waals surface area (Å²) in [6.07, 6.45) is 10.8. The molecule has 0 bridgehead atoms. The van der Waals surface area contributed by atoms with E-state index in [1.54, 1.807) is 12.2 Å². The molecule has 0 saturated carbocycles. The molecule has 4 N–H and O–H groups in total. The van der Waals surface area contributed by atoms with Gasteiger partial charge < -0.3 is 25.6 Å². The second-order valence-electron chi connectivity index (χ2n) is 8.82. The van der Waals surface area contributed by atoms with Crippen LogP contribution < -0.4 is 20.9 Å². The van der Waals surface area contributed by atoms with Crippen LogP contribution in [0, 0.1) is 0 Å². The topological polar surface area (TPSA) is 126 Å². The largest absolute Gasteiger partial charge is 0.505 e. The van der Waals surface area contributed by atoms with Crippen LogP contribution in [-0.2, 0) is 13.0 Å². The van der Waals surface area contributed by atoms with Gasteiger partial charge in [-0.2, -0.15) is 0 Å². The van der Waals surface area contributed by atoms with Crippen LogP contribution in [0.3, 0.4) is 0 Å². The van der Waals surface area contributed by atoms with Gasteiger partial charge in [-0.1, -0.05) is 31.6 Å². The van der Waals surface area contributed by atoms with Gasteiger partial charge in [0.2, 0.25) is 0 Å². The van der Waals surface area contributed by atoms with E-state index in [1.807, 2.05) is 13.0 Å². The summed E-state index contributed by atoms with van der Waals surface area (Å²) in [6, 6.07) is 0. The molecule has 1 aliphatic heterocycles. The van der Waals surface area contributed by atoms with Crippen LogP contribution in [0.5, 0.6) is 11.5 Å². The average Bonchev–Trinajstić information content (AvgIpc) is 2.90. The molecular weight excluding hydrogens is 479 g/mol. The normalized spacial score (nSPS) is 15.6. The van der Waals surface area contributed by atoms with Crippen molar-refractivity contribution < 1.29 is 24.1 Å². The molecule has 1 amide bonds. The standard InChI is InChI=1S/C27H35FN4O5/c1-3-5-11-29-12-7-13-30-26(35)21-24(34)22-23-25(37-20(17-33)16-32(23)27(21)36)19(15-31-22)14-18(8-4-2)9-6-10-28/h4,6,8-10,15,20,29,33-34H,3,5,7,11-14,16-17H2,1-2H3,(H,30,35)/b8-4-,10-6+,18-9+. The summed E-state index contributed by atoms with van der Waals surface area (Å²) in [4.78, 5) is 30.7. The first-order valence-corrected chi connectivity index (χ1v) is 12.6. The molecule has 2 aromatic rings. The third kappa shape index (κ3) is 6.64. The van der Waals surface area contributed by atoms with E-state index in [2.05, 4.69) is 22.5 Å². The minimum Gasteiger partial charge on any atom is -0.505 e. The van der Waals surface area contributed by atoms with Crippen molar-refractivity contribution >= 4 is 16.9 Å². The van der Waals surface area contributed by atoms with Crippen LogP contribution in [-0.4, -0.2) is 58.0 Å². The van der Waals surface area contributed by atoms with E-state index in [0.717, 1.165) is 31.5 Å². The Balaban J connectivity index is 1.97. The van der Waals surface area contributed by atoms with E-state index >= 15 is 0 Å². The van der Waals surface area contributed by atoms with Gasteiger partial charge in [0, 0.05) is 24.7 Å². The first-order chi connectivity index (χ1) is 18.0. The molecule has 9 nitrogen and oxygen atoms in total. The number of ether oxygens (including phenoxy) is 1.